The zero-order valence-corrected chi connectivity index (χ0v) is 14.0. The lowest BCUT2D eigenvalue weighted by Gasteiger charge is -2.17. The summed E-state index contributed by atoms with van der Waals surface area (Å²) in [6, 6.07) is 21.9. The Morgan fingerprint density at radius 1 is 0.857 bits per heavy atom. The van der Waals surface area contributed by atoms with Crippen LogP contribution < -0.4 is 10.6 Å². The van der Waals surface area contributed by atoms with Crippen molar-refractivity contribution in [2.45, 2.75) is 39.5 Å². The van der Waals surface area contributed by atoms with Crippen LogP contribution in [0.15, 0.2) is 72.1 Å². The van der Waals surface area contributed by atoms with Gasteiger partial charge in [0.15, 0.2) is 0 Å². The summed E-state index contributed by atoms with van der Waals surface area (Å²) in [5.41, 5.74) is 1.61. The number of allylic oxidation sites excluding steroid dienone is 1. The van der Waals surface area contributed by atoms with E-state index in [-0.39, 0.29) is 7.92 Å². The maximum atomic E-state index is 2.55. The fraction of sp³-hybridized carbons (Fsp3) is 0.300. The third kappa shape index (κ3) is 4.83. The average molecular weight is 296 g/mol. The number of hydrogen-bond donors (Lipinski definition) is 0. The summed E-state index contributed by atoms with van der Waals surface area (Å²) in [5.74, 6) is 2.55. The topological polar surface area (TPSA) is 0 Å². The smallest absolute Gasteiger partial charge is 0.0157 e. The molecule has 0 N–H and O–H groups in total. The van der Waals surface area contributed by atoms with E-state index >= 15 is 0 Å². The van der Waals surface area contributed by atoms with E-state index in [1.807, 2.05) is 0 Å². The summed E-state index contributed by atoms with van der Waals surface area (Å²) in [5, 5.41) is 2.89. The Balaban J connectivity index is 2.34. The molecule has 0 amide bonds. The number of benzene rings is 2. The number of rotatable bonds is 7. The highest BCUT2D eigenvalue weighted by Gasteiger charge is 2.11. The predicted octanol–water partition coefficient (Wildman–Crippen LogP) is 5.60. The van der Waals surface area contributed by atoms with Crippen molar-refractivity contribution in [3.63, 3.8) is 0 Å². The van der Waals surface area contributed by atoms with Crippen LogP contribution in [-0.2, 0) is 0 Å². The van der Waals surface area contributed by atoms with Crippen LogP contribution in [-0.4, -0.2) is 0 Å². The van der Waals surface area contributed by atoms with Gasteiger partial charge in [0.25, 0.3) is 0 Å². The second kappa shape index (κ2) is 8.80. The SMILES string of the molecule is CCCC/C(=C\P(c1ccccc1)c1ccccc1)CC. The normalized spacial score (nSPS) is 11.9. The van der Waals surface area contributed by atoms with Gasteiger partial charge in [-0.05, 0) is 37.8 Å². The first kappa shape index (κ1) is 16.0. The molecule has 0 saturated heterocycles. The van der Waals surface area contributed by atoms with Gasteiger partial charge in [0.2, 0.25) is 0 Å². The van der Waals surface area contributed by atoms with Gasteiger partial charge < -0.3 is 0 Å². The molecule has 1 heteroatoms. The second-order valence-corrected chi connectivity index (χ2v) is 7.32. The monoisotopic (exact) mass is 296 g/mol. The van der Waals surface area contributed by atoms with Gasteiger partial charge in [0, 0.05) is 0 Å². The lowest BCUT2D eigenvalue weighted by Crippen LogP contribution is -2.10. The quantitative estimate of drug-likeness (QED) is 0.583. The third-order valence-corrected chi connectivity index (χ3v) is 6.02. The third-order valence-electron chi connectivity index (χ3n) is 3.69. The molecule has 110 valence electrons. The van der Waals surface area contributed by atoms with E-state index in [4.69, 9.17) is 0 Å². The maximum absolute atomic E-state index is 2.55. The van der Waals surface area contributed by atoms with Gasteiger partial charge >= 0.3 is 0 Å². The molecule has 0 radical (unpaired) electrons. The fourth-order valence-corrected chi connectivity index (χ4v) is 4.65. The van der Waals surface area contributed by atoms with Gasteiger partial charge in [-0.15, -0.1) is 0 Å². The van der Waals surface area contributed by atoms with Crippen molar-refractivity contribution in [1.29, 1.82) is 0 Å². The van der Waals surface area contributed by atoms with Gasteiger partial charge in [-0.1, -0.05) is 92.3 Å². The summed E-state index contributed by atoms with van der Waals surface area (Å²) in [7, 11) is -0.375. The summed E-state index contributed by atoms with van der Waals surface area (Å²) < 4.78 is 0. The first-order valence-corrected chi connectivity index (χ1v) is 9.35. The minimum Gasteiger partial charge on any atom is -0.0694 e. The summed E-state index contributed by atoms with van der Waals surface area (Å²) >= 11 is 0. The molecule has 0 unspecified atom stereocenters. The van der Waals surface area contributed by atoms with Gasteiger partial charge in [0.05, 0.1) is 0 Å². The van der Waals surface area contributed by atoms with Crippen LogP contribution in [0.1, 0.15) is 39.5 Å². The minimum atomic E-state index is -0.375. The summed E-state index contributed by atoms with van der Waals surface area (Å²) in [6.45, 7) is 4.55. The first-order valence-electron chi connectivity index (χ1n) is 7.94. The molecule has 0 atom stereocenters. The van der Waals surface area contributed by atoms with Crippen molar-refractivity contribution < 1.29 is 0 Å². The number of hydrogen-bond acceptors (Lipinski definition) is 0. The molecule has 2 aromatic rings. The fourth-order valence-electron chi connectivity index (χ4n) is 2.39. The molecule has 0 spiro atoms. The predicted molar refractivity (Wildman–Crippen MR) is 97.0 cm³/mol. The van der Waals surface area contributed by atoms with Crippen LogP contribution in [0.4, 0.5) is 0 Å². The van der Waals surface area contributed by atoms with E-state index < -0.39 is 0 Å². The Kier molecular flexibility index (Phi) is 6.70. The lowest BCUT2D eigenvalue weighted by atomic mass is 10.1. The Morgan fingerprint density at radius 2 is 1.38 bits per heavy atom. The highest BCUT2D eigenvalue weighted by atomic mass is 31.1. The molecular weight excluding hydrogens is 271 g/mol. The molecular formula is C20H25P. The standard InChI is InChI=1S/C20H25P/c1-3-5-12-18(4-2)17-21(19-13-8-6-9-14-19)20-15-10-7-11-16-20/h6-11,13-17H,3-5,12H2,1-2H3/b18-17-. The zero-order chi connectivity index (χ0) is 14.9. The van der Waals surface area contributed by atoms with Crippen molar-refractivity contribution in [1.82, 2.24) is 0 Å². The molecule has 0 aromatic heterocycles. The van der Waals surface area contributed by atoms with Gasteiger partial charge in [-0.2, -0.15) is 0 Å². The van der Waals surface area contributed by atoms with E-state index in [0.717, 1.165) is 0 Å². The summed E-state index contributed by atoms with van der Waals surface area (Å²) in [6.07, 6.45) is 4.97. The van der Waals surface area contributed by atoms with E-state index in [2.05, 4.69) is 80.3 Å². The van der Waals surface area contributed by atoms with E-state index in [1.165, 1.54) is 36.3 Å². The lowest BCUT2D eigenvalue weighted by molar-refractivity contribution is 0.768. The molecule has 0 aliphatic heterocycles. The zero-order valence-electron chi connectivity index (χ0n) is 13.1. The van der Waals surface area contributed by atoms with Crippen LogP contribution in [0.2, 0.25) is 0 Å². The molecule has 0 bridgehead atoms. The molecule has 0 nitrogen and oxygen atoms in total. The van der Waals surface area contributed by atoms with Crippen LogP contribution in [0.5, 0.6) is 0 Å². The van der Waals surface area contributed by atoms with Crippen LogP contribution in [0, 0.1) is 0 Å². The Labute approximate surface area is 130 Å². The minimum absolute atomic E-state index is 0.375. The molecule has 0 aliphatic carbocycles. The molecule has 0 fully saturated rings. The highest BCUT2D eigenvalue weighted by molar-refractivity contribution is 7.75. The van der Waals surface area contributed by atoms with Crippen LogP contribution in [0.3, 0.4) is 0 Å². The Hall–Kier alpha value is -1.39. The largest absolute Gasteiger partial charge is 0.0694 e. The van der Waals surface area contributed by atoms with E-state index in [1.54, 1.807) is 5.57 Å². The van der Waals surface area contributed by atoms with Crippen molar-refractivity contribution >= 4 is 18.5 Å². The maximum Gasteiger partial charge on any atom is -0.0157 e. The Bertz CT molecular complexity index is 503. The average Bonchev–Trinajstić information content (AvgIpc) is 2.57. The van der Waals surface area contributed by atoms with Crippen LogP contribution in [0.25, 0.3) is 0 Å². The van der Waals surface area contributed by atoms with Crippen molar-refractivity contribution in [3.05, 3.63) is 72.1 Å². The number of unbranched alkanes of at least 4 members (excludes halogenated alkanes) is 1. The summed E-state index contributed by atoms with van der Waals surface area (Å²) in [4.78, 5) is 0. The highest BCUT2D eigenvalue weighted by Crippen LogP contribution is 2.37. The van der Waals surface area contributed by atoms with Crippen molar-refractivity contribution in [2.75, 3.05) is 0 Å². The second-order valence-electron chi connectivity index (χ2n) is 5.29. The van der Waals surface area contributed by atoms with Crippen molar-refractivity contribution in [2.24, 2.45) is 0 Å². The van der Waals surface area contributed by atoms with Crippen molar-refractivity contribution in [3.8, 4) is 0 Å². The van der Waals surface area contributed by atoms with Gasteiger partial charge in [0.1, 0.15) is 0 Å². The molecule has 0 heterocycles. The Morgan fingerprint density at radius 3 is 1.81 bits per heavy atom. The van der Waals surface area contributed by atoms with E-state index in [9.17, 15) is 0 Å². The van der Waals surface area contributed by atoms with Crippen LogP contribution >= 0.6 is 7.92 Å². The van der Waals surface area contributed by atoms with Gasteiger partial charge in [-0.3, -0.25) is 0 Å². The molecule has 21 heavy (non-hydrogen) atoms. The molecule has 0 aliphatic rings. The van der Waals surface area contributed by atoms with E-state index in [0.29, 0.717) is 0 Å². The molecule has 2 aromatic carbocycles. The first-order chi connectivity index (χ1) is 10.3. The van der Waals surface area contributed by atoms with Gasteiger partial charge in [-0.25, -0.2) is 0 Å². The molecule has 2 rings (SSSR count). The molecule has 0 saturated carbocycles.